The largest absolute Gasteiger partial charge is 0.460 e. The second kappa shape index (κ2) is 23.3. The second-order valence-corrected chi connectivity index (χ2v) is 11.0. The molecule has 6 nitrogen and oxygen atoms in total. The number of esters is 1. The highest BCUT2D eigenvalue weighted by Gasteiger charge is 2.26. The molecular weight excluding hydrogens is 439 g/mol. The quantitative estimate of drug-likeness (QED) is 0.0729. The SMILES string of the molecule is CCCCCCCCCCCCCCCCOCC(CCP(=O)(OCC)OCC)OC(C)=O. The van der Waals surface area contributed by atoms with Crippen molar-refractivity contribution in [2.45, 2.75) is 130 Å². The van der Waals surface area contributed by atoms with Crippen LogP contribution >= 0.6 is 7.60 Å². The maximum absolute atomic E-state index is 12.6. The van der Waals surface area contributed by atoms with E-state index >= 15 is 0 Å². The number of hydrogen-bond acceptors (Lipinski definition) is 6. The van der Waals surface area contributed by atoms with Crippen molar-refractivity contribution in [3.63, 3.8) is 0 Å². The molecule has 0 aromatic rings. The summed E-state index contributed by atoms with van der Waals surface area (Å²) in [5, 5.41) is 0. The van der Waals surface area contributed by atoms with E-state index in [1.54, 1.807) is 13.8 Å². The van der Waals surface area contributed by atoms with Crippen molar-refractivity contribution in [2.75, 3.05) is 32.6 Å². The van der Waals surface area contributed by atoms with Crippen LogP contribution in [0.15, 0.2) is 0 Å². The fraction of sp³-hybridized carbons (Fsp3) is 0.962. The smallest absolute Gasteiger partial charge is 0.330 e. The molecule has 0 saturated heterocycles. The molecule has 1 unspecified atom stereocenters. The molecule has 0 aliphatic rings. The molecule has 0 fully saturated rings. The minimum Gasteiger partial charge on any atom is -0.460 e. The highest BCUT2D eigenvalue weighted by Crippen LogP contribution is 2.48. The molecule has 0 saturated carbocycles. The third kappa shape index (κ3) is 21.8. The summed E-state index contributed by atoms with van der Waals surface area (Å²) in [7, 11) is -3.14. The molecule has 0 aliphatic heterocycles. The summed E-state index contributed by atoms with van der Waals surface area (Å²) in [6.07, 6.45) is 18.8. The highest BCUT2D eigenvalue weighted by molar-refractivity contribution is 7.53. The van der Waals surface area contributed by atoms with Gasteiger partial charge in [-0.2, -0.15) is 0 Å². The van der Waals surface area contributed by atoms with Crippen LogP contribution in [-0.4, -0.2) is 44.7 Å². The van der Waals surface area contributed by atoms with Gasteiger partial charge in [0.2, 0.25) is 0 Å². The van der Waals surface area contributed by atoms with Crippen LogP contribution < -0.4 is 0 Å². The lowest BCUT2D eigenvalue weighted by atomic mass is 10.0. The summed E-state index contributed by atoms with van der Waals surface area (Å²) in [6.45, 7) is 8.84. The summed E-state index contributed by atoms with van der Waals surface area (Å²) in [4.78, 5) is 11.4. The first-order chi connectivity index (χ1) is 16.0. The molecule has 0 radical (unpaired) electrons. The van der Waals surface area contributed by atoms with Gasteiger partial charge in [-0.3, -0.25) is 9.36 Å². The topological polar surface area (TPSA) is 71.1 Å². The lowest BCUT2D eigenvalue weighted by Crippen LogP contribution is -2.24. The van der Waals surface area contributed by atoms with Crippen molar-refractivity contribution in [1.29, 1.82) is 0 Å². The van der Waals surface area contributed by atoms with Crippen LogP contribution in [0.1, 0.15) is 124 Å². The molecule has 0 bridgehead atoms. The fourth-order valence-electron chi connectivity index (χ4n) is 3.89. The molecule has 0 aromatic carbocycles. The van der Waals surface area contributed by atoms with E-state index in [0.717, 1.165) is 6.42 Å². The summed E-state index contributed by atoms with van der Waals surface area (Å²) in [6, 6.07) is 0. The Morgan fingerprint density at radius 2 is 1.18 bits per heavy atom. The predicted octanol–water partition coefficient (Wildman–Crippen LogP) is 8.07. The van der Waals surface area contributed by atoms with Gasteiger partial charge in [0.25, 0.3) is 0 Å². The van der Waals surface area contributed by atoms with E-state index in [4.69, 9.17) is 18.5 Å². The van der Waals surface area contributed by atoms with E-state index < -0.39 is 13.7 Å². The molecule has 0 rings (SSSR count). The average Bonchev–Trinajstić information content (AvgIpc) is 2.77. The minimum absolute atomic E-state index is 0.217. The Kier molecular flexibility index (Phi) is 23.0. The van der Waals surface area contributed by atoms with Gasteiger partial charge in [-0.25, -0.2) is 0 Å². The number of carbonyl (C=O) groups is 1. The summed E-state index contributed by atoms with van der Waals surface area (Å²) in [5.74, 6) is -0.359. The molecule has 0 N–H and O–H groups in total. The molecule has 0 spiro atoms. The van der Waals surface area contributed by atoms with Crippen molar-refractivity contribution >= 4 is 13.6 Å². The normalized spacial score (nSPS) is 12.7. The zero-order valence-corrected chi connectivity index (χ0v) is 23.0. The van der Waals surface area contributed by atoms with Gasteiger partial charge < -0.3 is 18.5 Å². The first-order valence-corrected chi connectivity index (χ1v) is 15.3. The molecular formula is C26H53O6P. The van der Waals surface area contributed by atoms with Crippen LogP contribution in [0.5, 0.6) is 0 Å². The summed E-state index contributed by atoms with van der Waals surface area (Å²) >= 11 is 0. The number of hydrogen-bond donors (Lipinski definition) is 0. The van der Waals surface area contributed by atoms with Crippen molar-refractivity contribution in [2.24, 2.45) is 0 Å². The van der Waals surface area contributed by atoms with Crippen LogP contribution in [0.2, 0.25) is 0 Å². The predicted molar refractivity (Wildman–Crippen MR) is 137 cm³/mol. The van der Waals surface area contributed by atoms with Gasteiger partial charge in [0, 0.05) is 13.5 Å². The van der Waals surface area contributed by atoms with Crippen LogP contribution in [0.25, 0.3) is 0 Å². The zero-order chi connectivity index (χ0) is 24.6. The maximum Gasteiger partial charge on any atom is 0.330 e. The number of carbonyl (C=O) groups excluding carboxylic acids is 1. The Labute approximate surface area is 204 Å². The molecule has 0 heterocycles. The van der Waals surface area contributed by atoms with E-state index in [1.165, 1.54) is 90.4 Å². The second-order valence-electron chi connectivity index (χ2n) is 8.86. The number of rotatable bonds is 25. The van der Waals surface area contributed by atoms with E-state index in [1.807, 2.05) is 0 Å². The van der Waals surface area contributed by atoms with Crippen molar-refractivity contribution in [1.82, 2.24) is 0 Å². The Hall–Kier alpha value is -0.420. The molecule has 198 valence electrons. The van der Waals surface area contributed by atoms with Crippen molar-refractivity contribution in [3.05, 3.63) is 0 Å². The third-order valence-electron chi connectivity index (χ3n) is 5.66. The van der Waals surface area contributed by atoms with Crippen molar-refractivity contribution in [3.8, 4) is 0 Å². The van der Waals surface area contributed by atoms with Gasteiger partial charge in [0.1, 0.15) is 6.10 Å². The van der Waals surface area contributed by atoms with E-state index in [9.17, 15) is 9.36 Å². The van der Waals surface area contributed by atoms with Crippen molar-refractivity contribution < 1.29 is 27.9 Å². The van der Waals surface area contributed by atoms with Gasteiger partial charge in [0.15, 0.2) is 0 Å². The highest BCUT2D eigenvalue weighted by atomic mass is 31.2. The number of unbranched alkanes of at least 4 members (excludes halogenated alkanes) is 13. The van der Waals surface area contributed by atoms with Crippen LogP contribution in [0.4, 0.5) is 0 Å². The van der Waals surface area contributed by atoms with Gasteiger partial charge in [-0.15, -0.1) is 0 Å². The fourth-order valence-corrected chi connectivity index (χ4v) is 5.61. The first kappa shape index (κ1) is 32.6. The molecule has 0 aromatic heterocycles. The Balaban J connectivity index is 3.74. The minimum atomic E-state index is -3.14. The Morgan fingerprint density at radius 1 is 0.727 bits per heavy atom. The van der Waals surface area contributed by atoms with Crippen LogP contribution in [0, 0.1) is 0 Å². The lowest BCUT2D eigenvalue weighted by molar-refractivity contribution is -0.149. The molecule has 7 heteroatoms. The van der Waals surface area contributed by atoms with Gasteiger partial charge >= 0.3 is 13.6 Å². The molecule has 0 aliphatic carbocycles. The molecule has 33 heavy (non-hydrogen) atoms. The standard InChI is InChI=1S/C26H53O6P/c1-5-8-9-10-11-12-13-14-15-16-17-18-19-20-22-29-24-26(32-25(4)27)21-23-33(28,30-6-2)31-7-3/h26H,5-24H2,1-4H3. The van der Waals surface area contributed by atoms with E-state index in [0.29, 0.717) is 32.8 Å². The third-order valence-corrected chi connectivity index (χ3v) is 7.76. The Morgan fingerprint density at radius 3 is 1.61 bits per heavy atom. The summed E-state index contributed by atoms with van der Waals surface area (Å²) in [5.41, 5.74) is 0. The average molecular weight is 493 g/mol. The zero-order valence-electron chi connectivity index (χ0n) is 22.1. The van der Waals surface area contributed by atoms with Crippen LogP contribution in [0.3, 0.4) is 0 Å². The first-order valence-electron chi connectivity index (χ1n) is 13.6. The van der Waals surface area contributed by atoms with E-state index in [-0.39, 0.29) is 12.1 Å². The van der Waals surface area contributed by atoms with Gasteiger partial charge in [-0.05, 0) is 26.7 Å². The lowest BCUT2D eigenvalue weighted by Gasteiger charge is -2.21. The molecule has 1 atom stereocenters. The maximum atomic E-state index is 12.6. The monoisotopic (exact) mass is 492 g/mol. The summed E-state index contributed by atoms with van der Waals surface area (Å²) < 4.78 is 34.3. The van der Waals surface area contributed by atoms with Gasteiger partial charge in [-0.1, -0.05) is 90.4 Å². The molecule has 0 amide bonds. The van der Waals surface area contributed by atoms with E-state index in [2.05, 4.69) is 6.92 Å². The van der Waals surface area contributed by atoms with Gasteiger partial charge in [0.05, 0.1) is 26.0 Å². The van der Waals surface area contributed by atoms with Crippen LogP contribution in [-0.2, 0) is 27.9 Å². The Bertz CT molecular complexity index is 475. The number of ether oxygens (including phenoxy) is 2.